The minimum Gasteiger partial charge on any atom is -0.444 e. The van der Waals surface area contributed by atoms with Crippen molar-refractivity contribution in [2.45, 2.75) is 6.54 Å². The first-order valence-corrected chi connectivity index (χ1v) is 7.31. The number of rotatable bonds is 4. The fraction of sp³-hybridized carbons (Fsp3) is 0.0588. The molecule has 0 spiro atoms. The number of oxazole rings is 1. The van der Waals surface area contributed by atoms with Crippen LogP contribution in [0.4, 0.5) is 4.39 Å². The summed E-state index contributed by atoms with van der Waals surface area (Å²) in [6.07, 6.45) is 1.51. The van der Waals surface area contributed by atoms with E-state index in [1.165, 1.54) is 23.2 Å². The Labute approximate surface area is 136 Å². The normalized spacial score (nSPS) is 10.9. The maximum absolute atomic E-state index is 13.3. The highest BCUT2D eigenvalue weighted by Crippen LogP contribution is 2.20. The number of hydrogen-bond acceptors (Lipinski definition) is 5. The van der Waals surface area contributed by atoms with Crippen molar-refractivity contribution in [1.82, 2.24) is 25.2 Å². The number of tetrazole rings is 1. The lowest BCUT2D eigenvalue weighted by Crippen LogP contribution is -2.04. The molecular weight excluding hydrogens is 309 g/mol. The molecule has 0 amide bonds. The first-order valence-electron chi connectivity index (χ1n) is 7.31. The fourth-order valence-corrected chi connectivity index (χ4v) is 2.29. The summed E-state index contributed by atoms with van der Waals surface area (Å²) in [6, 6.07) is 15.7. The van der Waals surface area contributed by atoms with Gasteiger partial charge in [0.05, 0.1) is 0 Å². The fourth-order valence-electron chi connectivity index (χ4n) is 2.29. The van der Waals surface area contributed by atoms with Gasteiger partial charge >= 0.3 is 0 Å². The molecule has 0 radical (unpaired) electrons. The van der Waals surface area contributed by atoms with Gasteiger partial charge < -0.3 is 4.42 Å². The Kier molecular flexibility index (Phi) is 3.59. The van der Waals surface area contributed by atoms with Crippen LogP contribution in [0.15, 0.2) is 65.3 Å². The van der Waals surface area contributed by atoms with E-state index in [1.54, 1.807) is 12.1 Å². The van der Waals surface area contributed by atoms with Gasteiger partial charge in [0.1, 0.15) is 24.3 Å². The van der Waals surface area contributed by atoms with Crippen molar-refractivity contribution in [3.8, 4) is 22.8 Å². The van der Waals surface area contributed by atoms with E-state index in [2.05, 4.69) is 20.4 Å². The van der Waals surface area contributed by atoms with Gasteiger partial charge in [-0.2, -0.15) is 4.80 Å². The highest BCUT2D eigenvalue weighted by molar-refractivity contribution is 5.53. The Balaban J connectivity index is 1.54. The molecule has 24 heavy (non-hydrogen) atoms. The van der Waals surface area contributed by atoms with E-state index in [4.69, 9.17) is 4.42 Å². The van der Waals surface area contributed by atoms with Gasteiger partial charge in [0, 0.05) is 11.1 Å². The lowest BCUT2D eigenvalue weighted by molar-refractivity contribution is 0.550. The molecule has 4 aromatic rings. The monoisotopic (exact) mass is 321 g/mol. The minimum absolute atomic E-state index is 0.318. The Hall–Kier alpha value is -3.35. The molecular formula is C17H12FN5O. The van der Waals surface area contributed by atoms with Crippen LogP contribution in [0.25, 0.3) is 22.8 Å². The van der Waals surface area contributed by atoms with Crippen LogP contribution < -0.4 is 0 Å². The van der Waals surface area contributed by atoms with E-state index >= 15 is 0 Å². The molecule has 118 valence electrons. The minimum atomic E-state index is -0.335. The van der Waals surface area contributed by atoms with Gasteiger partial charge in [0.25, 0.3) is 0 Å². The van der Waals surface area contributed by atoms with E-state index in [9.17, 15) is 4.39 Å². The van der Waals surface area contributed by atoms with E-state index in [1.807, 2.05) is 30.3 Å². The van der Waals surface area contributed by atoms with Crippen LogP contribution in [0.2, 0.25) is 0 Å². The molecule has 0 saturated carbocycles. The molecule has 0 aliphatic rings. The molecule has 2 aromatic carbocycles. The number of benzene rings is 2. The molecule has 2 aromatic heterocycles. The molecule has 2 heterocycles. The van der Waals surface area contributed by atoms with Crippen molar-refractivity contribution in [1.29, 1.82) is 0 Å². The van der Waals surface area contributed by atoms with Gasteiger partial charge in [-0.3, -0.25) is 0 Å². The van der Waals surface area contributed by atoms with Crippen molar-refractivity contribution < 1.29 is 8.81 Å². The summed E-state index contributed by atoms with van der Waals surface area (Å²) in [5.41, 5.74) is 2.10. The molecule has 0 N–H and O–H groups in total. The molecule has 0 fully saturated rings. The molecule has 0 saturated heterocycles. The second-order valence-corrected chi connectivity index (χ2v) is 5.16. The molecule has 0 bridgehead atoms. The number of hydrogen-bond donors (Lipinski definition) is 0. The number of aromatic nitrogens is 5. The third kappa shape index (κ3) is 2.91. The van der Waals surface area contributed by atoms with Gasteiger partial charge in [0.2, 0.25) is 11.7 Å². The van der Waals surface area contributed by atoms with Crippen LogP contribution in [-0.2, 0) is 6.54 Å². The number of halogens is 1. The second-order valence-electron chi connectivity index (χ2n) is 5.16. The summed E-state index contributed by atoms with van der Waals surface area (Å²) in [4.78, 5) is 5.78. The summed E-state index contributed by atoms with van der Waals surface area (Å²) in [5, 5.41) is 12.4. The summed E-state index contributed by atoms with van der Waals surface area (Å²) < 4.78 is 18.7. The first-order chi connectivity index (χ1) is 11.8. The molecule has 0 aliphatic carbocycles. The zero-order chi connectivity index (χ0) is 16.4. The van der Waals surface area contributed by atoms with E-state index in [0.29, 0.717) is 29.5 Å². The van der Waals surface area contributed by atoms with Crippen LogP contribution in [0.1, 0.15) is 5.69 Å². The third-order valence-corrected chi connectivity index (χ3v) is 3.41. The zero-order valence-electron chi connectivity index (χ0n) is 12.5. The van der Waals surface area contributed by atoms with E-state index in [0.717, 1.165) is 5.56 Å². The predicted octanol–water partition coefficient (Wildman–Crippen LogP) is 3.18. The molecule has 0 aliphatic heterocycles. The highest BCUT2D eigenvalue weighted by atomic mass is 19.1. The number of nitrogens with zero attached hydrogens (tertiary/aromatic N) is 5. The summed E-state index contributed by atoms with van der Waals surface area (Å²) in [5.74, 6) is 0.565. The smallest absolute Gasteiger partial charge is 0.226 e. The second kappa shape index (κ2) is 6.04. The Morgan fingerprint density at radius 1 is 1.00 bits per heavy atom. The van der Waals surface area contributed by atoms with Gasteiger partial charge in [-0.05, 0) is 23.4 Å². The van der Waals surface area contributed by atoms with Crippen molar-refractivity contribution in [3.63, 3.8) is 0 Å². The largest absolute Gasteiger partial charge is 0.444 e. The lowest BCUT2D eigenvalue weighted by atomic mass is 10.2. The van der Waals surface area contributed by atoms with Crippen LogP contribution in [0.3, 0.4) is 0 Å². The Morgan fingerprint density at radius 2 is 1.83 bits per heavy atom. The summed E-state index contributed by atoms with van der Waals surface area (Å²) in [7, 11) is 0. The van der Waals surface area contributed by atoms with Crippen LogP contribution in [0.5, 0.6) is 0 Å². The van der Waals surface area contributed by atoms with Crippen LogP contribution in [0, 0.1) is 5.82 Å². The van der Waals surface area contributed by atoms with Crippen molar-refractivity contribution in [2.75, 3.05) is 0 Å². The standard InChI is InChI=1S/C17H12FN5O/c18-14-8-4-7-13(9-14)17-19-15(11-24-17)10-23-21-16(20-22-23)12-5-2-1-3-6-12/h1-9,11H,10H2. The summed E-state index contributed by atoms with van der Waals surface area (Å²) >= 11 is 0. The van der Waals surface area contributed by atoms with Crippen LogP contribution in [-0.4, -0.2) is 25.2 Å². The van der Waals surface area contributed by atoms with Gasteiger partial charge in [-0.25, -0.2) is 9.37 Å². The molecule has 4 rings (SSSR count). The van der Waals surface area contributed by atoms with Crippen molar-refractivity contribution in [2.24, 2.45) is 0 Å². The van der Waals surface area contributed by atoms with Crippen LogP contribution >= 0.6 is 0 Å². The Morgan fingerprint density at radius 3 is 2.67 bits per heavy atom. The average Bonchev–Trinajstić information content (AvgIpc) is 3.26. The van der Waals surface area contributed by atoms with Gasteiger partial charge in [0.15, 0.2) is 0 Å². The molecule has 0 atom stereocenters. The maximum Gasteiger partial charge on any atom is 0.226 e. The van der Waals surface area contributed by atoms with E-state index < -0.39 is 0 Å². The summed E-state index contributed by atoms with van der Waals surface area (Å²) in [6.45, 7) is 0.318. The Bertz CT molecular complexity index is 964. The van der Waals surface area contributed by atoms with Crippen molar-refractivity contribution in [3.05, 3.63) is 72.4 Å². The zero-order valence-corrected chi connectivity index (χ0v) is 12.5. The molecule has 7 heteroatoms. The predicted molar refractivity (Wildman–Crippen MR) is 84.3 cm³/mol. The lowest BCUT2D eigenvalue weighted by Gasteiger charge is -1.95. The first kappa shape index (κ1) is 14.3. The maximum atomic E-state index is 13.3. The third-order valence-electron chi connectivity index (χ3n) is 3.41. The highest BCUT2D eigenvalue weighted by Gasteiger charge is 2.10. The van der Waals surface area contributed by atoms with E-state index in [-0.39, 0.29) is 5.82 Å². The average molecular weight is 321 g/mol. The SMILES string of the molecule is Fc1cccc(-c2nc(Cn3nnc(-c4ccccc4)n3)co2)c1. The van der Waals surface area contributed by atoms with Gasteiger partial charge in [-0.1, -0.05) is 36.4 Å². The topological polar surface area (TPSA) is 69.6 Å². The quantitative estimate of drug-likeness (QED) is 0.577. The van der Waals surface area contributed by atoms with Crippen molar-refractivity contribution >= 4 is 0 Å². The molecule has 6 nitrogen and oxygen atoms in total. The molecule has 0 unspecified atom stereocenters. The van der Waals surface area contributed by atoms with Gasteiger partial charge in [-0.15, -0.1) is 10.2 Å².